The number of benzene rings is 1. The van der Waals surface area contributed by atoms with Crippen molar-refractivity contribution in [2.24, 2.45) is 0 Å². The molecule has 1 heterocycles. The van der Waals surface area contributed by atoms with Crippen molar-refractivity contribution in [3.8, 4) is 0 Å². The average Bonchev–Trinajstić information content (AvgIpc) is 2.93. The number of para-hydroxylation sites is 1. The van der Waals surface area contributed by atoms with Crippen LogP contribution in [0.2, 0.25) is 0 Å². The van der Waals surface area contributed by atoms with Crippen LogP contribution in [0.3, 0.4) is 0 Å². The van der Waals surface area contributed by atoms with Gasteiger partial charge >= 0.3 is 0 Å². The zero-order valence-electron chi connectivity index (χ0n) is 11.0. The topological polar surface area (TPSA) is 54.1 Å². The third-order valence-electron chi connectivity index (χ3n) is 3.70. The number of hydrogen-bond acceptors (Lipinski definition) is 2. The van der Waals surface area contributed by atoms with E-state index in [1.165, 1.54) is 22.2 Å². The summed E-state index contributed by atoms with van der Waals surface area (Å²) in [5.74, 6) is 0.0707. The molecule has 1 aromatic heterocycles. The lowest BCUT2D eigenvalue weighted by Gasteiger charge is -2.12. The second-order valence-electron chi connectivity index (χ2n) is 5.04. The predicted molar refractivity (Wildman–Crippen MR) is 74.1 cm³/mol. The third kappa shape index (κ3) is 2.36. The van der Waals surface area contributed by atoms with Gasteiger partial charge in [-0.3, -0.25) is 4.79 Å². The Balaban J connectivity index is 1.69. The first kappa shape index (κ1) is 12.2. The molecule has 1 aliphatic carbocycles. The molecule has 0 bridgehead atoms. The van der Waals surface area contributed by atoms with Crippen LogP contribution in [0, 0.1) is 0 Å². The number of rotatable bonds is 4. The maximum absolute atomic E-state index is 11.7. The minimum atomic E-state index is 0.0707. The highest BCUT2D eigenvalue weighted by Gasteiger charge is 2.26. The summed E-state index contributed by atoms with van der Waals surface area (Å²) in [5, 5.41) is 4.36. The Morgan fingerprint density at radius 1 is 1.42 bits per heavy atom. The molecular formula is C15H18N2O2. The van der Waals surface area contributed by atoms with Crippen molar-refractivity contribution < 1.29 is 9.53 Å². The maximum atomic E-state index is 11.7. The molecule has 100 valence electrons. The largest absolute Gasteiger partial charge is 0.384 e. The molecule has 19 heavy (non-hydrogen) atoms. The Kier molecular flexibility index (Phi) is 3.25. The monoisotopic (exact) mass is 258 g/mol. The summed E-state index contributed by atoms with van der Waals surface area (Å²) in [6, 6.07) is 8.55. The molecule has 2 N–H and O–H groups in total. The van der Waals surface area contributed by atoms with E-state index in [1.807, 2.05) is 6.07 Å². The van der Waals surface area contributed by atoms with Crippen LogP contribution >= 0.6 is 0 Å². The number of ether oxygens (including phenoxy) is 1. The van der Waals surface area contributed by atoms with E-state index in [0.717, 1.165) is 12.8 Å². The van der Waals surface area contributed by atoms with Gasteiger partial charge in [0.1, 0.15) is 0 Å². The summed E-state index contributed by atoms with van der Waals surface area (Å²) in [5.41, 5.74) is 3.81. The third-order valence-corrected chi connectivity index (χ3v) is 3.70. The van der Waals surface area contributed by atoms with Crippen LogP contribution in [-0.4, -0.2) is 30.6 Å². The van der Waals surface area contributed by atoms with Gasteiger partial charge in [0.15, 0.2) is 0 Å². The number of amides is 1. The molecule has 0 spiro atoms. The fraction of sp³-hybridized carbons (Fsp3) is 0.400. The van der Waals surface area contributed by atoms with Crippen molar-refractivity contribution in [1.82, 2.24) is 10.3 Å². The Hall–Kier alpha value is -1.81. The van der Waals surface area contributed by atoms with Gasteiger partial charge in [0.05, 0.1) is 6.61 Å². The number of fused-ring (bicyclic) bond motifs is 3. The molecule has 1 aromatic carbocycles. The second-order valence-corrected chi connectivity index (χ2v) is 5.04. The van der Waals surface area contributed by atoms with E-state index >= 15 is 0 Å². The zero-order valence-corrected chi connectivity index (χ0v) is 11.0. The molecule has 1 atom stereocenters. The average molecular weight is 258 g/mol. The van der Waals surface area contributed by atoms with Gasteiger partial charge in [-0.2, -0.15) is 0 Å². The second kappa shape index (κ2) is 5.05. The van der Waals surface area contributed by atoms with Crippen LogP contribution in [0.25, 0.3) is 10.9 Å². The minimum Gasteiger partial charge on any atom is -0.384 e. The summed E-state index contributed by atoms with van der Waals surface area (Å²) >= 11 is 0. The first-order valence-corrected chi connectivity index (χ1v) is 6.64. The van der Waals surface area contributed by atoms with Gasteiger partial charge in [-0.05, 0) is 18.1 Å². The minimum absolute atomic E-state index is 0.0707. The van der Waals surface area contributed by atoms with Crippen LogP contribution < -0.4 is 5.32 Å². The number of nitrogens with one attached hydrogen (secondary N) is 2. The van der Waals surface area contributed by atoms with Gasteiger partial charge in [-0.25, -0.2) is 0 Å². The lowest BCUT2D eigenvalue weighted by molar-refractivity contribution is -0.122. The van der Waals surface area contributed by atoms with E-state index < -0.39 is 0 Å². The molecule has 4 heteroatoms. The molecule has 0 fully saturated rings. The van der Waals surface area contributed by atoms with Gasteiger partial charge in [0, 0.05) is 42.6 Å². The molecule has 2 aromatic rings. The van der Waals surface area contributed by atoms with E-state index in [9.17, 15) is 4.79 Å². The first-order valence-electron chi connectivity index (χ1n) is 6.64. The number of hydrogen-bond donors (Lipinski definition) is 2. The maximum Gasteiger partial charge on any atom is 0.222 e. The summed E-state index contributed by atoms with van der Waals surface area (Å²) in [4.78, 5) is 15.1. The van der Waals surface area contributed by atoms with Crippen molar-refractivity contribution in [3.63, 3.8) is 0 Å². The molecule has 1 amide bonds. The highest BCUT2D eigenvalue weighted by atomic mass is 16.5. The standard InChI is InChI=1S/C15H18N2O2/c1-19-7-6-15(18)16-10-8-12-11-4-2-3-5-13(11)17-14(12)9-10/h2-5,10,17H,6-9H2,1H3,(H,16,18). The Labute approximate surface area is 112 Å². The van der Waals surface area contributed by atoms with E-state index in [0.29, 0.717) is 13.0 Å². The molecule has 0 saturated heterocycles. The predicted octanol–water partition coefficient (Wildman–Crippen LogP) is 1.79. The highest BCUT2D eigenvalue weighted by molar-refractivity contribution is 5.85. The van der Waals surface area contributed by atoms with Gasteiger partial charge in [0.25, 0.3) is 0 Å². The summed E-state index contributed by atoms with van der Waals surface area (Å²) in [6.45, 7) is 0.479. The number of carbonyl (C=O) groups excluding carboxylic acids is 1. The Morgan fingerprint density at radius 3 is 3.11 bits per heavy atom. The quantitative estimate of drug-likeness (QED) is 0.878. The number of H-pyrrole nitrogens is 1. The Morgan fingerprint density at radius 2 is 2.26 bits per heavy atom. The molecule has 1 aliphatic rings. The van der Waals surface area contributed by atoms with E-state index in [1.54, 1.807) is 7.11 Å². The van der Waals surface area contributed by atoms with Gasteiger partial charge in [0.2, 0.25) is 5.91 Å². The molecule has 0 saturated carbocycles. The summed E-state index contributed by atoms with van der Waals surface area (Å²) in [7, 11) is 1.61. The number of aromatic nitrogens is 1. The van der Waals surface area contributed by atoms with E-state index in [4.69, 9.17) is 4.74 Å². The zero-order chi connectivity index (χ0) is 13.2. The van der Waals surface area contributed by atoms with E-state index in [-0.39, 0.29) is 11.9 Å². The molecule has 0 radical (unpaired) electrons. The van der Waals surface area contributed by atoms with Gasteiger partial charge in [-0.15, -0.1) is 0 Å². The smallest absolute Gasteiger partial charge is 0.222 e. The summed E-state index contributed by atoms with van der Waals surface area (Å²) < 4.78 is 4.91. The van der Waals surface area contributed by atoms with Crippen LogP contribution in [0.1, 0.15) is 17.7 Å². The lowest BCUT2D eigenvalue weighted by Crippen LogP contribution is -2.35. The molecule has 3 rings (SSSR count). The van der Waals surface area contributed by atoms with Crippen LogP contribution in [-0.2, 0) is 22.4 Å². The first-order chi connectivity index (χ1) is 9.28. The molecule has 0 aliphatic heterocycles. The van der Waals surface area contributed by atoms with Crippen molar-refractivity contribution in [1.29, 1.82) is 0 Å². The molecule has 4 nitrogen and oxygen atoms in total. The highest BCUT2D eigenvalue weighted by Crippen LogP contribution is 2.29. The SMILES string of the molecule is COCCC(=O)NC1Cc2[nH]c3ccccc3c2C1. The van der Waals surface area contributed by atoms with E-state index in [2.05, 4.69) is 28.5 Å². The molecular weight excluding hydrogens is 240 g/mol. The fourth-order valence-electron chi connectivity index (χ4n) is 2.82. The van der Waals surface area contributed by atoms with Crippen LogP contribution in [0.15, 0.2) is 24.3 Å². The van der Waals surface area contributed by atoms with Gasteiger partial charge in [-0.1, -0.05) is 18.2 Å². The van der Waals surface area contributed by atoms with Crippen molar-refractivity contribution in [2.75, 3.05) is 13.7 Å². The van der Waals surface area contributed by atoms with Crippen molar-refractivity contribution in [3.05, 3.63) is 35.5 Å². The number of aromatic amines is 1. The normalized spacial score (nSPS) is 17.6. The van der Waals surface area contributed by atoms with Crippen LogP contribution in [0.4, 0.5) is 0 Å². The lowest BCUT2D eigenvalue weighted by atomic mass is 10.1. The fourth-order valence-corrected chi connectivity index (χ4v) is 2.82. The van der Waals surface area contributed by atoms with Crippen molar-refractivity contribution >= 4 is 16.8 Å². The van der Waals surface area contributed by atoms with Gasteiger partial charge < -0.3 is 15.0 Å². The number of methoxy groups -OCH3 is 1. The number of carbonyl (C=O) groups is 1. The Bertz CT molecular complexity index is 603. The van der Waals surface area contributed by atoms with Crippen LogP contribution in [0.5, 0.6) is 0 Å². The molecule has 1 unspecified atom stereocenters. The summed E-state index contributed by atoms with van der Waals surface area (Å²) in [6.07, 6.45) is 2.24. The van der Waals surface area contributed by atoms with Crippen molar-refractivity contribution in [2.45, 2.75) is 25.3 Å².